The van der Waals surface area contributed by atoms with Gasteiger partial charge in [0.25, 0.3) is 0 Å². The quantitative estimate of drug-likeness (QED) is 0.176. The molecule has 0 nitrogen and oxygen atoms in total. The first-order valence-electron chi connectivity index (χ1n) is 10.4. The van der Waals surface area contributed by atoms with Gasteiger partial charge in [0.15, 0.2) is 0 Å². The number of allylic oxidation sites excluding steroid dienone is 2. The summed E-state index contributed by atoms with van der Waals surface area (Å²) < 4.78 is 0. The molecule has 0 bridgehead atoms. The smallest absolute Gasteiger partial charge is 0.0351 e. The van der Waals surface area contributed by atoms with Crippen LogP contribution in [0, 0.1) is 6.92 Å². The van der Waals surface area contributed by atoms with Gasteiger partial charge in [-0.1, -0.05) is 116 Å². The Kier molecular flexibility index (Phi) is 20.5. The average Bonchev–Trinajstić information content (AvgIpc) is 2.54. The highest BCUT2D eigenvalue weighted by atomic mass is 14.0. The van der Waals surface area contributed by atoms with E-state index >= 15 is 0 Å². The van der Waals surface area contributed by atoms with Gasteiger partial charge in [-0.05, 0) is 25.7 Å². The molecule has 0 amide bonds. The first kappa shape index (κ1) is 21.7. The Balaban J connectivity index is 3.01. The van der Waals surface area contributed by atoms with Crippen LogP contribution in [-0.2, 0) is 0 Å². The molecule has 0 aromatic heterocycles. The van der Waals surface area contributed by atoms with Gasteiger partial charge in [0, 0.05) is 0 Å². The van der Waals surface area contributed by atoms with Gasteiger partial charge in [0.1, 0.15) is 0 Å². The number of rotatable bonds is 18. The average molecular weight is 308 g/mol. The minimum Gasteiger partial charge on any atom is -0.0885 e. The molecule has 0 heterocycles. The van der Waals surface area contributed by atoms with E-state index in [4.69, 9.17) is 0 Å². The van der Waals surface area contributed by atoms with E-state index in [1.165, 1.54) is 109 Å². The van der Waals surface area contributed by atoms with Gasteiger partial charge in [-0.15, -0.1) is 0 Å². The van der Waals surface area contributed by atoms with E-state index in [0.29, 0.717) is 0 Å². The Hall–Kier alpha value is -0.260. The van der Waals surface area contributed by atoms with Crippen LogP contribution in [0.5, 0.6) is 0 Å². The molecule has 0 unspecified atom stereocenters. The summed E-state index contributed by atoms with van der Waals surface area (Å²) >= 11 is 0. The van der Waals surface area contributed by atoms with Crippen molar-refractivity contribution in [3.63, 3.8) is 0 Å². The fourth-order valence-corrected chi connectivity index (χ4v) is 2.95. The highest BCUT2D eigenvalue weighted by Gasteiger charge is 1.92. The number of hydrogen-bond acceptors (Lipinski definition) is 0. The van der Waals surface area contributed by atoms with E-state index in [1.54, 1.807) is 0 Å². The molecule has 131 valence electrons. The van der Waals surface area contributed by atoms with Crippen molar-refractivity contribution in [2.75, 3.05) is 0 Å². The van der Waals surface area contributed by atoms with Gasteiger partial charge in [0.2, 0.25) is 0 Å². The van der Waals surface area contributed by atoms with Crippen LogP contribution in [0.25, 0.3) is 0 Å². The summed E-state index contributed by atoms with van der Waals surface area (Å²) in [5.74, 6) is 0. The van der Waals surface area contributed by atoms with Crippen molar-refractivity contribution in [1.82, 2.24) is 0 Å². The first-order chi connectivity index (χ1) is 10.9. The van der Waals surface area contributed by atoms with E-state index in [0.717, 1.165) is 6.42 Å². The summed E-state index contributed by atoms with van der Waals surface area (Å²) in [6.45, 7) is 6.18. The van der Waals surface area contributed by atoms with E-state index in [9.17, 15) is 0 Å². The van der Waals surface area contributed by atoms with Crippen molar-refractivity contribution in [3.8, 4) is 0 Å². The first-order valence-corrected chi connectivity index (χ1v) is 10.4. The van der Waals surface area contributed by atoms with Crippen molar-refractivity contribution < 1.29 is 0 Å². The molecule has 0 aromatic carbocycles. The molecular formula is C22H43. The van der Waals surface area contributed by atoms with Crippen molar-refractivity contribution in [3.05, 3.63) is 19.1 Å². The lowest BCUT2D eigenvalue weighted by Crippen LogP contribution is -1.82. The third-order valence-electron chi connectivity index (χ3n) is 4.51. The minimum atomic E-state index is 1.11. The van der Waals surface area contributed by atoms with Crippen LogP contribution in [0.1, 0.15) is 122 Å². The van der Waals surface area contributed by atoms with Crippen LogP contribution < -0.4 is 0 Å². The van der Waals surface area contributed by atoms with E-state index in [1.807, 2.05) is 0 Å². The van der Waals surface area contributed by atoms with Crippen molar-refractivity contribution >= 4 is 0 Å². The zero-order valence-electron chi connectivity index (χ0n) is 15.6. The molecule has 1 radical (unpaired) electrons. The Morgan fingerprint density at radius 3 is 1.27 bits per heavy atom. The third-order valence-corrected chi connectivity index (χ3v) is 4.51. The van der Waals surface area contributed by atoms with Crippen molar-refractivity contribution in [2.45, 2.75) is 122 Å². The fourth-order valence-electron chi connectivity index (χ4n) is 2.95. The van der Waals surface area contributed by atoms with Crippen LogP contribution >= 0.6 is 0 Å². The van der Waals surface area contributed by atoms with Gasteiger partial charge in [-0.3, -0.25) is 0 Å². The van der Waals surface area contributed by atoms with Gasteiger partial charge >= 0.3 is 0 Å². The maximum Gasteiger partial charge on any atom is -0.0351 e. The standard InChI is InChI=1S/C22H43/c1-3-5-7-9-11-13-15-17-19-21-22-20-18-16-14-12-10-8-6-4-2/h15,17H,1,3-14,16,18-22H2,2H3/b17-15+. The summed E-state index contributed by atoms with van der Waals surface area (Å²) in [6.07, 6.45) is 29.8. The van der Waals surface area contributed by atoms with Crippen LogP contribution in [0.4, 0.5) is 0 Å². The number of hydrogen-bond donors (Lipinski definition) is 0. The van der Waals surface area contributed by atoms with Crippen LogP contribution in [0.2, 0.25) is 0 Å². The SMILES string of the molecule is [CH2]CCCCCC/C=C/CCCCCCCCCCCCC. The zero-order valence-corrected chi connectivity index (χ0v) is 15.6. The van der Waals surface area contributed by atoms with Crippen LogP contribution in [-0.4, -0.2) is 0 Å². The highest BCUT2D eigenvalue weighted by Crippen LogP contribution is 2.12. The summed E-state index contributed by atoms with van der Waals surface area (Å²) in [4.78, 5) is 0. The van der Waals surface area contributed by atoms with E-state index in [2.05, 4.69) is 26.0 Å². The normalized spacial score (nSPS) is 11.5. The summed E-state index contributed by atoms with van der Waals surface area (Å²) in [5.41, 5.74) is 0. The second kappa shape index (κ2) is 20.7. The maximum absolute atomic E-state index is 3.89. The van der Waals surface area contributed by atoms with Gasteiger partial charge in [-0.25, -0.2) is 0 Å². The molecular weight excluding hydrogens is 264 g/mol. The molecule has 0 spiro atoms. The lowest BCUT2D eigenvalue weighted by Gasteiger charge is -2.01. The van der Waals surface area contributed by atoms with Gasteiger partial charge in [-0.2, -0.15) is 0 Å². The molecule has 0 aliphatic rings. The molecule has 0 aliphatic carbocycles. The number of unbranched alkanes of at least 4 members (excludes halogenated alkanes) is 16. The van der Waals surface area contributed by atoms with Gasteiger partial charge in [0.05, 0.1) is 0 Å². The lowest BCUT2D eigenvalue weighted by molar-refractivity contribution is 0.550. The summed E-state index contributed by atoms with van der Waals surface area (Å²) in [6, 6.07) is 0. The predicted molar refractivity (Wildman–Crippen MR) is 103 cm³/mol. The van der Waals surface area contributed by atoms with E-state index < -0.39 is 0 Å². The highest BCUT2D eigenvalue weighted by molar-refractivity contribution is 4.81. The second-order valence-electron chi connectivity index (χ2n) is 6.85. The molecule has 0 saturated carbocycles. The topological polar surface area (TPSA) is 0 Å². The molecule has 0 heteroatoms. The van der Waals surface area contributed by atoms with Crippen molar-refractivity contribution in [2.24, 2.45) is 0 Å². The molecule has 0 aromatic rings. The Bertz CT molecular complexity index is 204. The Morgan fingerprint density at radius 1 is 0.500 bits per heavy atom. The van der Waals surface area contributed by atoms with Gasteiger partial charge < -0.3 is 0 Å². The van der Waals surface area contributed by atoms with Crippen molar-refractivity contribution in [1.29, 1.82) is 0 Å². The molecule has 22 heavy (non-hydrogen) atoms. The minimum absolute atomic E-state index is 1.11. The molecule has 0 aliphatic heterocycles. The zero-order chi connectivity index (χ0) is 16.1. The Labute approximate surface area is 142 Å². The largest absolute Gasteiger partial charge is 0.0885 e. The molecule has 0 atom stereocenters. The predicted octanol–water partition coefficient (Wildman–Crippen LogP) is 8.42. The monoisotopic (exact) mass is 307 g/mol. The lowest BCUT2D eigenvalue weighted by atomic mass is 10.1. The third kappa shape index (κ3) is 19.7. The van der Waals surface area contributed by atoms with Crippen LogP contribution in [0.15, 0.2) is 12.2 Å². The van der Waals surface area contributed by atoms with E-state index in [-0.39, 0.29) is 0 Å². The molecule has 0 fully saturated rings. The second-order valence-corrected chi connectivity index (χ2v) is 6.85. The molecule has 0 saturated heterocycles. The molecule has 0 N–H and O–H groups in total. The molecule has 0 rings (SSSR count). The summed E-state index contributed by atoms with van der Waals surface area (Å²) in [7, 11) is 0. The Morgan fingerprint density at radius 2 is 0.864 bits per heavy atom. The fraction of sp³-hybridized carbons (Fsp3) is 0.864. The van der Waals surface area contributed by atoms with Crippen LogP contribution in [0.3, 0.4) is 0 Å². The summed E-state index contributed by atoms with van der Waals surface area (Å²) in [5, 5.41) is 0. The maximum atomic E-state index is 3.89.